The lowest BCUT2D eigenvalue weighted by Crippen LogP contribution is -2.38. The maximum absolute atomic E-state index is 3.66. The molecule has 0 bridgehead atoms. The van der Waals surface area contributed by atoms with Crippen molar-refractivity contribution >= 4 is 0 Å². The molecular weight excluding hydrogens is 350 g/mol. The van der Waals surface area contributed by atoms with Crippen LogP contribution >= 0.6 is 0 Å². The summed E-state index contributed by atoms with van der Waals surface area (Å²) in [5.41, 5.74) is 7.73. The molecule has 1 N–H and O–H groups in total. The van der Waals surface area contributed by atoms with Crippen molar-refractivity contribution in [3.8, 4) is 0 Å². The molecule has 1 fully saturated rings. The lowest BCUT2D eigenvalue weighted by atomic mass is 9.80. The molecular formula is C28H31N. The molecule has 3 aromatic carbocycles. The van der Waals surface area contributed by atoms with Crippen molar-refractivity contribution in [2.45, 2.75) is 55.9 Å². The van der Waals surface area contributed by atoms with Gasteiger partial charge < -0.3 is 5.32 Å². The van der Waals surface area contributed by atoms with Crippen LogP contribution in [0.2, 0.25) is 0 Å². The molecule has 0 aromatic heterocycles. The monoisotopic (exact) mass is 381 g/mol. The molecule has 0 aliphatic heterocycles. The predicted octanol–water partition coefficient (Wildman–Crippen LogP) is 6.32. The first-order chi connectivity index (χ1) is 14.2. The van der Waals surface area contributed by atoms with Gasteiger partial charge >= 0.3 is 0 Å². The topological polar surface area (TPSA) is 12.0 Å². The quantitative estimate of drug-likeness (QED) is 0.545. The second-order valence-corrected chi connectivity index (χ2v) is 9.21. The average Bonchev–Trinajstić information content (AvgIpc) is 3.59. The number of fused-ring (bicyclic) bond motifs is 2. The van der Waals surface area contributed by atoms with Crippen LogP contribution in [0.1, 0.15) is 66.3 Å². The zero-order chi connectivity index (χ0) is 19.9. The van der Waals surface area contributed by atoms with E-state index in [4.69, 9.17) is 0 Å². The summed E-state index contributed by atoms with van der Waals surface area (Å²) in [5, 5.41) is 3.66. The third kappa shape index (κ3) is 3.13. The van der Waals surface area contributed by atoms with Crippen LogP contribution < -0.4 is 5.32 Å². The fraction of sp³-hybridized carbons (Fsp3) is 0.357. The fourth-order valence-electron chi connectivity index (χ4n) is 5.62. The van der Waals surface area contributed by atoms with E-state index in [1.807, 2.05) is 0 Å². The van der Waals surface area contributed by atoms with Gasteiger partial charge in [-0.3, -0.25) is 0 Å². The van der Waals surface area contributed by atoms with Crippen molar-refractivity contribution in [3.05, 3.63) is 107 Å². The Morgan fingerprint density at radius 2 is 1.48 bits per heavy atom. The summed E-state index contributed by atoms with van der Waals surface area (Å²) in [6.07, 6.45) is 6.36. The minimum atomic E-state index is -0.140. The summed E-state index contributed by atoms with van der Waals surface area (Å²) < 4.78 is 0. The van der Waals surface area contributed by atoms with Crippen LogP contribution in [0.25, 0.3) is 0 Å². The smallest absolute Gasteiger partial charge is 0.0664 e. The van der Waals surface area contributed by atoms with E-state index >= 15 is 0 Å². The van der Waals surface area contributed by atoms with Gasteiger partial charge in [-0.2, -0.15) is 0 Å². The Kier molecular flexibility index (Phi) is 4.59. The summed E-state index contributed by atoms with van der Waals surface area (Å²) in [6.45, 7) is 2.35. The summed E-state index contributed by atoms with van der Waals surface area (Å²) in [6, 6.07) is 29.4. The third-order valence-corrected chi connectivity index (χ3v) is 7.67. The number of rotatable bonds is 5. The Labute approximate surface area is 175 Å². The molecule has 0 heterocycles. The number of hydrogen-bond donors (Lipinski definition) is 1. The first kappa shape index (κ1) is 18.6. The molecule has 1 saturated carbocycles. The fourth-order valence-corrected chi connectivity index (χ4v) is 5.62. The number of nitrogens with one attached hydrogen (secondary N) is 1. The maximum atomic E-state index is 3.66. The Morgan fingerprint density at radius 1 is 0.828 bits per heavy atom. The normalized spacial score (nSPS) is 24.3. The van der Waals surface area contributed by atoms with Crippen LogP contribution in [0, 0.1) is 0 Å². The molecule has 29 heavy (non-hydrogen) atoms. The molecule has 2 aliphatic rings. The molecule has 1 nitrogen and oxygen atoms in total. The van der Waals surface area contributed by atoms with Gasteiger partial charge in [-0.25, -0.2) is 0 Å². The highest BCUT2D eigenvalue weighted by Crippen LogP contribution is 2.53. The highest BCUT2D eigenvalue weighted by Gasteiger charge is 2.44. The van der Waals surface area contributed by atoms with Crippen LogP contribution in [-0.2, 0) is 17.4 Å². The van der Waals surface area contributed by atoms with E-state index in [2.05, 4.69) is 98.2 Å². The van der Waals surface area contributed by atoms with Crippen LogP contribution in [0.3, 0.4) is 0 Å². The summed E-state index contributed by atoms with van der Waals surface area (Å²) in [7, 11) is 2.10. The van der Waals surface area contributed by atoms with Crippen molar-refractivity contribution in [1.29, 1.82) is 0 Å². The Morgan fingerprint density at radius 3 is 2.21 bits per heavy atom. The SMILES string of the molecule is CN[C@]1(C)c2ccccc2C[C@H](CCC2(c3ccccc3)CC2)c2ccccc21. The molecule has 0 saturated heterocycles. The third-order valence-electron chi connectivity index (χ3n) is 7.67. The first-order valence-electron chi connectivity index (χ1n) is 11.1. The Hall–Kier alpha value is -2.38. The van der Waals surface area contributed by atoms with E-state index in [-0.39, 0.29) is 5.54 Å². The van der Waals surface area contributed by atoms with Gasteiger partial charge in [-0.1, -0.05) is 78.9 Å². The highest BCUT2D eigenvalue weighted by atomic mass is 14.9. The lowest BCUT2D eigenvalue weighted by Gasteiger charge is -2.32. The van der Waals surface area contributed by atoms with Crippen molar-refractivity contribution < 1.29 is 0 Å². The van der Waals surface area contributed by atoms with Gasteiger partial charge in [0.2, 0.25) is 0 Å². The predicted molar refractivity (Wildman–Crippen MR) is 121 cm³/mol. The van der Waals surface area contributed by atoms with Crippen LogP contribution in [0.15, 0.2) is 78.9 Å². The number of benzene rings is 3. The standard InChI is InChI=1S/C28H31N/c1-27(29-2)25-14-8-6-10-22(25)20-21(24-13-7-9-15-26(24)27)16-17-28(18-19-28)23-11-4-3-5-12-23/h3-15,21,29H,16-20H2,1-2H3/t21-,27+/m0/s1. The molecule has 5 rings (SSSR count). The number of hydrogen-bond acceptors (Lipinski definition) is 1. The summed E-state index contributed by atoms with van der Waals surface area (Å²) in [4.78, 5) is 0. The molecule has 1 heteroatoms. The first-order valence-corrected chi connectivity index (χ1v) is 11.1. The van der Waals surface area contributed by atoms with Gasteiger partial charge in [0, 0.05) is 0 Å². The Balaban J connectivity index is 1.51. The van der Waals surface area contributed by atoms with Gasteiger partial charge in [0.15, 0.2) is 0 Å². The van der Waals surface area contributed by atoms with E-state index in [0.717, 1.165) is 6.42 Å². The molecule has 0 unspecified atom stereocenters. The van der Waals surface area contributed by atoms with Crippen molar-refractivity contribution in [1.82, 2.24) is 5.32 Å². The second kappa shape index (κ2) is 7.15. The lowest BCUT2D eigenvalue weighted by molar-refractivity contribution is 0.478. The van der Waals surface area contributed by atoms with E-state index in [1.165, 1.54) is 47.9 Å². The van der Waals surface area contributed by atoms with E-state index in [1.54, 1.807) is 5.56 Å². The van der Waals surface area contributed by atoms with Gasteiger partial charge in [0.05, 0.1) is 5.54 Å². The zero-order valence-corrected chi connectivity index (χ0v) is 17.6. The van der Waals surface area contributed by atoms with Crippen molar-refractivity contribution in [2.75, 3.05) is 7.05 Å². The van der Waals surface area contributed by atoms with Crippen molar-refractivity contribution in [3.63, 3.8) is 0 Å². The van der Waals surface area contributed by atoms with E-state index < -0.39 is 0 Å². The molecule has 0 amide bonds. The van der Waals surface area contributed by atoms with E-state index in [9.17, 15) is 0 Å². The van der Waals surface area contributed by atoms with Crippen LogP contribution in [0.4, 0.5) is 0 Å². The summed E-state index contributed by atoms with van der Waals surface area (Å²) >= 11 is 0. The summed E-state index contributed by atoms with van der Waals surface area (Å²) in [5.74, 6) is 0.573. The minimum absolute atomic E-state index is 0.140. The highest BCUT2D eigenvalue weighted by molar-refractivity contribution is 5.50. The van der Waals surface area contributed by atoms with Gasteiger partial charge in [0.1, 0.15) is 0 Å². The molecule has 2 atom stereocenters. The van der Waals surface area contributed by atoms with Gasteiger partial charge in [-0.05, 0) is 85.2 Å². The largest absolute Gasteiger partial charge is 0.307 e. The maximum Gasteiger partial charge on any atom is 0.0664 e. The van der Waals surface area contributed by atoms with Gasteiger partial charge in [0.25, 0.3) is 0 Å². The molecule has 148 valence electrons. The van der Waals surface area contributed by atoms with Gasteiger partial charge in [-0.15, -0.1) is 0 Å². The van der Waals surface area contributed by atoms with Crippen molar-refractivity contribution in [2.24, 2.45) is 0 Å². The Bertz CT molecular complexity index is 1000. The van der Waals surface area contributed by atoms with Crippen LogP contribution in [0.5, 0.6) is 0 Å². The average molecular weight is 382 g/mol. The zero-order valence-electron chi connectivity index (χ0n) is 17.6. The molecule has 3 aromatic rings. The molecule has 2 aliphatic carbocycles. The van der Waals surface area contributed by atoms with Crippen LogP contribution in [-0.4, -0.2) is 7.05 Å². The second-order valence-electron chi connectivity index (χ2n) is 9.21. The minimum Gasteiger partial charge on any atom is -0.307 e. The molecule has 0 spiro atoms. The molecule has 0 radical (unpaired) electrons. The van der Waals surface area contributed by atoms with E-state index in [0.29, 0.717) is 11.3 Å².